The molecule has 2 heteroatoms. The Morgan fingerprint density at radius 2 is 1.91 bits per heavy atom. The Morgan fingerprint density at radius 3 is 2.27 bits per heavy atom. The van der Waals surface area contributed by atoms with Crippen LogP contribution in [0.5, 0.6) is 0 Å². The lowest BCUT2D eigenvalue weighted by atomic mass is 9.99. The van der Waals surface area contributed by atoms with E-state index in [0.29, 0.717) is 16.8 Å². The molecule has 0 saturated carbocycles. The van der Waals surface area contributed by atoms with Gasteiger partial charge in [-0.2, -0.15) is 0 Å². The maximum Gasteiger partial charge on any atom is 0.0546 e. The molecule has 0 amide bonds. The van der Waals surface area contributed by atoms with Gasteiger partial charge in [-0.1, -0.05) is 29.8 Å². The molecule has 0 rings (SSSR count). The fraction of sp³-hybridized carbons (Fsp3) is 1.00. The monoisotopic (exact) mass is 222 g/mol. The molecule has 68 valence electrons. The maximum atomic E-state index is 5.19. The highest BCUT2D eigenvalue weighted by molar-refractivity contribution is 9.09. The van der Waals surface area contributed by atoms with Gasteiger partial charge in [0.2, 0.25) is 0 Å². The summed E-state index contributed by atoms with van der Waals surface area (Å²) in [4.78, 5) is 0.639. The summed E-state index contributed by atoms with van der Waals surface area (Å²) in [5.41, 5.74) is 0. The van der Waals surface area contributed by atoms with Gasteiger partial charge in [0, 0.05) is 11.9 Å². The van der Waals surface area contributed by atoms with E-state index in [1.165, 1.54) is 6.42 Å². The molecule has 0 aromatic heterocycles. The Bertz CT molecular complexity index is 95.6. The van der Waals surface area contributed by atoms with E-state index >= 15 is 0 Å². The SMILES string of the molecule is CCC(Br)C(C)CC(C)OC. The topological polar surface area (TPSA) is 9.23 Å². The Balaban J connectivity index is 3.58. The number of hydrogen-bond acceptors (Lipinski definition) is 1. The van der Waals surface area contributed by atoms with Crippen LogP contribution in [0, 0.1) is 5.92 Å². The Kier molecular flexibility index (Phi) is 6.25. The van der Waals surface area contributed by atoms with E-state index < -0.39 is 0 Å². The first-order valence-corrected chi connectivity index (χ1v) is 5.20. The van der Waals surface area contributed by atoms with Crippen molar-refractivity contribution < 1.29 is 4.74 Å². The molecule has 0 bridgehead atoms. The summed E-state index contributed by atoms with van der Waals surface area (Å²) in [5, 5.41) is 0. The number of halogens is 1. The van der Waals surface area contributed by atoms with Crippen LogP contribution in [0.1, 0.15) is 33.6 Å². The summed E-state index contributed by atoms with van der Waals surface area (Å²) < 4.78 is 5.19. The van der Waals surface area contributed by atoms with Gasteiger partial charge >= 0.3 is 0 Å². The third-order valence-electron chi connectivity index (χ3n) is 2.11. The van der Waals surface area contributed by atoms with Crippen molar-refractivity contribution in [1.82, 2.24) is 0 Å². The van der Waals surface area contributed by atoms with Gasteiger partial charge in [0.1, 0.15) is 0 Å². The van der Waals surface area contributed by atoms with Crippen LogP contribution in [0.15, 0.2) is 0 Å². The molecule has 3 atom stereocenters. The van der Waals surface area contributed by atoms with Crippen molar-refractivity contribution in [2.24, 2.45) is 5.92 Å². The van der Waals surface area contributed by atoms with Gasteiger partial charge in [-0.15, -0.1) is 0 Å². The van der Waals surface area contributed by atoms with Gasteiger partial charge in [-0.3, -0.25) is 0 Å². The molecular weight excluding hydrogens is 204 g/mol. The van der Waals surface area contributed by atoms with Crippen LogP contribution < -0.4 is 0 Å². The van der Waals surface area contributed by atoms with Crippen molar-refractivity contribution in [1.29, 1.82) is 0 Å². The molecule has 0 spiro atoms. The average Bonchev–Trinajstić information content (AvgIpc) is 2.02. The molecule has 11 heavy (non-hydrogen) atoms. The quantitative estimate of drug-likeness (QED) is 0.650. The smallest absolute Gasteiger partial charge is 0.0546 e. The fourth-order valence-electron chi connectivity index (χ4n) is 1.17. The van der Waals surface area contributed by atoms with E-state index in [2.05, 4.69) is 36.7 Å². The van der Waals surface area contributed by atoms with E-state index in [1.807, 2.05) is 0 Å². The van der Waals surface area contributed by atoms with Gasteiger partial charge in [-0.05, 0) is 25.7 Å². The van der Waals surface area contributed by atoms with Crippen molar-refractivity contribution in [3.8, 4) is 0 Å². The number of hydrogen-bond donors (Lipinski definition) is 0. The largest absolute Gasteiger partial charge is 0.382 e. The zero-order chi connectivity index (χ0) is 8.85. The summed E-state index contributed by atoms with van der Waals surface area (Å²) in [5.74, 6) is 0.704. The highest BCUT2D eigenvalue weighted by atomic mass is 79.9. The Labute approximate surface area is 78.6 Å². The predicted molar refractivity (Wildman–Crippen MR) is 53.3 cm³/mol. The van der Waals surface area contributed by atoms with Crippen molar-refractivity contribution in [2.45, 2.75) is 44.5 Å². The first-order chi connectivity index (χ1) is 5.11. The van der Waals surface area contributed by atoms with Gasteiger partial charge < -0.3 is 4.74 Å². The zero-order valence-corrected chi connectivity index (χ0v) is 9.52. The molecule has 0 aliphatic rings. The minimum atomic E-state index is 0.386. The minimum Gasteiger partial charge on any atom is -0.382 e. The molecule has 0 N–H and O–H groups in total. The summed E-state index contributed by atoms with van der Waals surface area (Å²) in [6, 6.07) is 0. The van der Waals surface area contributed by atoms with E-state index in [9.17, 15) is 0 Å². The lowest BCUT2D eigenvalue weighted by Crippen LogP contribution is -2.17. The molecule has 3 unspecified atom stereocenters. The Morgan fingerprint density at radius 1 is 1.36 bits per heavy atom. The lowest BCUT2D eigenvalue weighted by molar-refractivity contribution is 0.0971. The van der Waals surface area contributed by atoms with Crippen LogP contribution in [0.2, 0.25) is 0 Å². The number of alkyl halides is 1. The van der Waals surface area contributed by atoms with Crippen molar-refractivity contribution >= 4 is 15.9 Å². The van der Waals surface area contributed by atoms with Gasteiger partial charge in [0.15, 0.2) is 0 Å². The van der Waals surface area contributed by atoms with Crippen LogP contribution in [0.25, 0.3) is 0 Å². The standard InChI is InChI=1S/C9H19BrO/c1-5-9(10)7(2)6-8(3)11-4/h7-9H,5-6H2,1-4H3. The zero-order valence-electron chi connectivity index (χ0n) is 7.93. The van der Waals surface area contributed by atoms with Gasteiger partial charge in [-0.25, -0.2) is 0 Å². The van der Waals surface area contributed by atoms with Crippen LogP contribution in [0.3, 0.4) is 0 Å². The Hall–Kier alpha value is 0.440. The highest BCUT2D eigenvalue weighted by Crippen LogP contribution is 2.21. The average molecular weight is 223 g/mol. The molecule has 0 radical (unpaired) electrons. The van der Waals surface area contributed by atoms with Crippen molar-refractivity contribution in [3.63, 3.8) is 0 Å². The second-order valence-corrected chi connectivity index (χ2v) is 4.36. The molecular formula is C9H19BrO. The summed E-state index contributed by atoms with van der Waals surface area (Å²) in [6.07, 6.45) is 2.72. The van der Waals surface area contributed by atoms with Crippen molar-refractivity contribution in [3.05, 3.63) is 0 Å². The van der Waals surface area contributed by atoms with Crippen LogP contribution in [-0.4, -0.2) is 18.0 Å². The number of ether oxygens (including phenoxy) is 1. The second-order valence-electron chi connectivity index (χ2n) is 3.18. The molecule has 0 aliphatic carbocycles. The number of rotatable bonds is 5. The normalized spacial score (nSPS) is 19.4. The minimum absolute atomic E-state index is 0.386. The van der Waals surface area contributed by atoms with Gasteiger partial charge in [0.25, 0.3) is 0 Å². The van der Waals surface area contributed by atoms with Crippen molar-refractivity contribution in [2.75, 3.05) is 7.11 Å². The van der Waals surface area contributed by atoms with Crippen LogP contribution in [0.4, 0.5) is 0 Å². The van der Waals surface area contributed by atoms with E-state index in [-0.39, 0.29) is 0 Å². The lowest BCUT2D eigenvalue weighted by Gasteiger charge is -2.19. The molecule has 0 aliphatic heterocycles. The number of methoxy groups -OCH3 is 1. The molecule has 0 aromatic carbocycles. The highest BCUT2D eigenvalue weighted by Gasteiger charge is 2.14. The summed E-state index contributed by atoms with van der Waals surface area (Å²) in [6.45, 7) is 6.58. The van der Waals surface area contributed by atoms with E-state index in [0.717, 1.165) is 6.42 Å². The fourth-order valence-corrected chi connectivity index (χ4v) is 1.39. The van der Waals surface area contributed by atoms with Crippen LogP contribution in [-0.2, 0) is 4.74 Å². The molecule has 0 saturated heterocycles. The summed E-state index contributed by atoms with van der Waals surface area (Å²) in [7, 11) is 1.77. The van der Waals surface area contributed by atoms with E-state index in [1.54, 1.807) is 7.11 Å². The maximum absolute atomic E-state index is 5.19. The second kappa shape index (κ2) is 6.01. The molecule has 0 aromatic rings. The summed E-state index contributed by atoms with van der Waals surface area (Å²) >= 11 is 3.64. The van der Waals surface area contributed by atoms with E-state index in [4.69, 9.17) is 4.74 Å². The molecule has 0 fully saturated rings. The first kappa shape index (κ1) is 11.4. The van der Waals surface area contributed by atoms with Gasteiger partial charge in [0.05, 0.1) is 6.10 Å². The molecule has 0 heterocycles. The molecule has 1 nitrogen and oxygen atoms in total. The van der Waals surface area contributed by atoms with Crippen LogP contribution >= 0.6 is 15.9 Å². The third-order valence-corrected chi connectivity index (χ3v) is 3.66. The predicted octanol–water partition coefficient (Wildman–Crippen LogP) is 3.22. The first-order valence-electron chi connectivity index (χ1n) is 4.28. The third kappa shape index (κ3) is 4.81.